The lowest BCUT2D eigenvalue weighted by molar-refractivity contribution is -0.186. The van der Waals surface area contributed by atoms with Crippen LogP contribution >= 0.6 is 0 Å². The third-order valence-corrected chi connectivity index (χ3v) is 3.96. The summed E-state index contributed by atoms with van der Waals surface area (Å²) in [6.07, 6.45) is -0.586. The third-order valence-electron chi connectivity index (χ3n) is 3.96. The Kier molecular flexibility index (Phi) is 2.87. The van der Waals surface area contributed by atoms with E-state index in [1.54, 1.807) is 0 Å². The highest BCUT2D eigenvalue weighted by molar-refractivity contribution is 5.84. The largest absolute Gasteiger partial charge is 0.367 e. The number of carbonyl (C=O) groups is 2. The lowest BCUT2D eigenvalue weighted by Gasteiger charge is -2.43. The van der Waals surface area contributed by atoms with Crippen LogP contribution < -0.4 is 11.1 Å². The van der Waals surface area contributed by atoms with Gasteiger partial charge in [0.05, 0.1) is 12.6 Å². The molecular formula is C11H18N2O4. The molecule has 2 rings (SSSR count). The summed E-state index contributed by atoms with van der Waals surface area (Å²) in [6, 6.07) is -0.238. The van der Waals surface area contributed by atoms with Crippen LogP contribution in [0.5, 0.6) is 0 Å². The first-order valence-corrected chi connectivity index (χ1v) is 5.75. The first kappa shape index (κ1) is 12.3. The molecule has 2 saturated heterocycles. The monoisotopic (exact) mass is 242 g/mol. The summed E-state index contributed by atoms with van der Waals surface area (Å²) >= 11 is 0. The smallest absolute Gasteiger partial charge is 0.252 e. The standard InChI is InChI=1S/C11H18N2O4/c1-5-6(2)11(10(12)15)4-16-9(17-11)8(5)13-7(3)14/h5-6,8-9H,4H2,1-3H3,(H2,12,15)(H,13,14)/t5-,6+,8+,9-,11-/m0/s1. The number of hydrogen-bond acceptors (Lipinski definition) is 4. The predicted molar refractivity (Wildman–Crippen MR) is 58.7 cm³/mol. The first-order valence-electron chi connectivity index (χ1n) is 5.75. The minimum absolute atomic E-state index is 0.0626. The van der Waals surface area contributed by atoms with Crippen molar-refractivity contribution < 1.29 is 19.1 Å². The minimum Gasteiger partial charge on any atom is -0.367 e. The van der Waals surface area contributed by atoms with Crippen molar-refractivity contribution in [3.05, 3.63) is 0 Å². The van der Waals surface area contributed by atoms with Crippen molar-refractivity contribution in [1.29, 1.82) is 0 Å². The molecule has 2 aliphatic heterocycles. The predicted octanol–water partition coefficient (Wildman–Crippen LogP) is -0.626. The Labute approximate surface area is 99.8 Å². The minimum atomic E-state index is -1.04. The van der Waals surface area contributed by atoms with Gasteiger partial charge in [-0.05, 0) is 5.92 Å². The molecule has 0 radical (unpaired) electrons. The molecule has 0 aliphatic carbocycles. The molecule has 6 nitrogen and oxygen atoms in total. The van der Waals surface area contributed by atoms with Gasteiger partial charge in [-0.3, -0.25) is 9.59 Å². The molecule has 2 amide bonds. The average molecular weight is 242 g/mol. The van der Waals surface area contributed by atoms with Gasteiger partial charge in [-0.25, -0.2) is 0 Å². The van der Waals surface area contributed by atoms with E-state index >= 15 is 0 Å². The molecule has 6 heteroatoms. The quantitative estimate of drug-likeness (QED) is 0.674. The summed E-state index contributed by atoms with van der Waals surface area (Å²) in [5, 5.41) is 2.80. The number of nitrogens with one attached hydrogen (secondary N) is 1. The van der Waals surface area contributed by atoms with Crippen molar-refractivity contribution >= 4 is 11.8 Å². The van der Waals surface area contributed by atoms with Crippen molar-refractivity contribution in [2.75, 3.05) is 6.61 Å². The van der Waals surface area contributed by atoms with E-state index in [-0.39, 0.29) is 30.4 Å². The Bertz CT molecular complexity index is 357. The van der Waals surface area contributed by atoms with Crippen LogP contribution in [0.2, 0.25) is 0 Å². The maximum Gasteiger partial charge on any atom is 0.252 e. The van der Waals surface area contributed by atoms with E-state index in [0.29, 0.717) is 0 Å². The summed E-state index contributed by atoms with van der Waals surface area (Å²) in [5.74, 6) is -0.677. The Morgan fingerprint density at radius 3 is 2.59 bits per heavy atom. The van der Waals surface area contributed by atoms with Crippen molar-refractivity contribution in [2.45, 2.75) is 38.7 Å². The molecule has 2 aliphatic rings. The van der Waals surface area contributed by atoms with E-state index in [1.807, 2.05) is 13.8 Å². The number of fused-ring (bicyclic) bond motifs is 2. The highest BCUT2D eigenvalue weighted by Crippen LogP contribution is 2.43. The fraction of sp³-hybridized carbons (Fsp3) is 0.818. The van der Waals surface area contributed by atoms with E-state index in [9.17, 15) is 9.59 Å². The maximum absolute atomic E-state index is 11.5. The van der Waals surface area contributed by atoms with E-state index in [4.69, 9.17) is 15.2 Å². The zero-order valence-corrected chi connectivity index (χ0v) is 10.2. The molecule has 17 heavy (non-hydrogen) atoms. The van der Waals surface area contributed by atoms with Gasteiger partial charge in [0.25, 0.3) is 5.91 Å². The second-order valence-electron chi connectivity index (χ2n) is 4.93. The Morgan fingerprint density at radius 2 is 2.06 bits per heavy atom. The van der Waals surface area contributed by atoms with Crippen molar-refractivity contribution in [1.82, 2.24) is 5.32 Å². The fourth-order valence-corrected chi connectivity index (χ4v) is 2.67. The summed E-state index contributed by atoms with van der Waals surface area (Å²) < 4.78 is 11.1. The second kappa shape index (κ2) is 3.96. The number of ether oxygens (including phenoxy) is 2. The molecule has 2 bridgehead atoms. The van der Waals surface area contributed by atoms with Gasteiger partial charge in [-0.15, -0.1) is 0 Å². The number of primary amides is 1. The molecule has 96 valence electrons. The number of rotatable bonds is 2. The molecule has 3 N–H and O–H groups in total. The summed E-state index contributed by atoms with van der Waals surface area (Å²) in [4.78, 5) is 22.7. The van der Waals surface area contributed by atoms with E-state index < -0.39 is 17.8 Å². The average Bonchev–Trinajstić information content (AvgIpc) is 2.65. The SMILES string of the molecule is CC(=O)N[C@H]1[C@H]2OC[C@](C(N)=O)(O2)[C@H](C)[C@@H]1C. The lowest BCUT2D eigenvalue weighted by Crippen LogP contribution is -2.62. The molecule has 5 atom stereocenters. The van der Waals surface area contributed by atoms with Crippen molar-refractivity contribution in [2.24, 2.45) is 17.6 Å². The fourth-order valence-electron chi connectivity index (χ4n) is 2.67. The summed E-state index contributed by atoms with van der Waals surface area (Å²) in [7, 11) is 0. The zero-order chi connectivity index (χ0) is 12.8. The van der Waals surface area contributed by atoms with Gasteiger partial charge in [-0.2, -0.15) is 0 Å². The summed E-state index contributed by atoms with van der Waals surface area (Å²) in [5.41, 5.74) is 4.36. The van der Waals surface area contributed by atoms with Crippen molar-refractivity contribution in [3.63, 3.8) is 0 Å². The third kappa shape index (κ3) is 1.71. The van der Waals surface area contributed by atoms with Gasteiger partial charge >= 0.3 is 0 Å². The molecule has 0 aromatic rings. The maximum atomic E-state index is 11.5. The topological polar surface area (TPSA) is 90.6 Å². The van der Waals surface area contributed by atoms with Crippen molar-refractivity contribution in [3.8, 4) is 0 Å². The molecular weight excluding hydrogens is 224 g/mol. The van der Waals surface area contributed by atoms with E-state index in [1.165, 1.54) is 6.92 Å². The van der Waals surface area contributed by atoms with Gasteiger partial charge in [0, 0.05) is 12.8 Å². The highest BCUT2D eigenvalue weighted by atomic mass is 16.7. The molecule has 0 aromatic heterocycles. The molecule has 2 fully saturated rings. The number of carbonyl (C=O) groups excluding carboxylic acids is 2. The molecule has 0 unspecified atom stereocenters. The number of hydrogen-bond donors (Lipinski definition) is 2. The second-order valence-corrected chi connectivity index (χ2v) is 4.93. The van der Waals surface area contributed by atoms with Gasteiger partial charge in [0.2, 0.25) is 5.91 Å². The Balaban J connectivity index is 2.25. The van der Waals surface area contributed by atoms with E-state index in [0.717, 1.165) is 0 Å². The van der Waals surface area contributed by atoms with Crippen LogP contribution in [0.4, 0.5) is 0 Å². The van der Waals surface area contributed by atoms with Crippen LogP contribution in [0.25, 0.3) is 0 Å². The number of nitrogens with two attached hydrogens (primary N) is 1. The van der Waals surface area contributed by atoms with Gasteiger partial charge < -0.3 is 20.5 Å². The van der Waals surface area contributed by atoms with Crippen LogP contribution in [-0.2, 0) is 19.1 Å². The summed E-state index contributed by atoms with van der Waals surface area (Å²) in [6.45, 7) is 5.47. The van der Waals surface area contributed by atoms with Crippen LogP contribution in [-0.4, -0.2) is 36.4 Å². The van der Waals surface area contributed by atoms with E-state index in [2.05, 4.69) is 5.32 Å². The van der Waals surface area contributed by atoms with Gasteiger partial charge in [-0.1, -0.05) is 13.8 Å². The van der Waals surface area contributed by atoms with Crippen LogP contribution in [0.15, 0.2) is 0 Å². The molecule has 2 heterocycles. The van der Waals surface area contributed by atoms with Crippen LogP contribution in [0.1, 0.15) is 20.8 Å². The Hall–Kier alpha value is -1.14. The normalized spacial score (nSPS) is 44.4. The Morgan fingerprint density at radius 1 is 1.41 bits per heavy atom. The molecule has 0 saturated carbocycles. The number of amides is 2. The first-order chi connectivity index (χ1) is 7.88. The van der Waals surface area contributed by atoms with Gasteiger partial charge in [0.15, 0.2) is 11.9 Å². The highest BCUT2D eigenvalue weighted by Gasteiger charge is 2.59. The molecule has 0 spiro atoms. The zero-order valence-electron chi connectivity index (χ0n) is 10.2. The van der Waals surface area contributed by atoms with Gasteiger partial charge in [0.1, 0.15) is 0 Å². The molecule has 0 aromatic carbocycles. The van der Waals surface area contributed by atoms with Crippen LogP contribution in [0.3, 0.4) is 0 Å². The lowest BCUT2D eigenvalue weighted by atomic mass is 9.75. The van der Waals surface area contributed by atoms with Crippen LogP contribution in [0, 0.1) is 11.8 Å².